The molecule has 0 bridgehead atoms. The number of hydrogen-bond acceptors (Lipinski definition) is 3. The summed E-state index contributed by atoms with van der Waals surface area (Å²) in [4.78, 5) is 9.47. The van der Waals surface area contributed by atoms with Crippen molar-refractivity contribution in [2.24, 2.45) is 5.73 Å². The summed E-state index contributed by atoms with van der Waals surface area (Å²) < 4.78 is 31.6. The van der Waals surface area contributed by atoms with Gasteiger partial charge in [0.05, 0.1) is 0 Å². The van der Waals surface area contributed by atoms with Gasteiger partial charge in [0.15, 0.2) is 0 Å². The molecule has 0 aliphatic rings. The van der Waals surface area contributed by atoms with Crippen molar-refractivity contribution in [3.05, 3.63) is 12.7 Å². The van der Waals surface area contributed by atoms with Crippen LogP contribution in [0.1, 0.15) is 0 Å². The molecule has 8 heteroatoms. The summed E-state index contributed by atoms with van der Waals surface area (Å²) >= 11 is 0. The first kappa shape index (κ1) is 16.9. The molecule has 4 N–H and O–H groups in total. The van der Waals surface area contributed by atoms with Crippen LogP contribution in [0.5, 0.6) is 0 Å². The fourth-order valence-corrected chi connectivity index (χ4v) is 0. The third kappa shape index (κ3) is 217. The van der Waals surface area contributed by atoms with Crippen LogP contribution in [-0.2, 0) is 32.3 Å². The van der Waals surface area contributed by atoms with E-state index in [2.05, 4.69) is 12.3 Å². The van der Waals surface area contributed by atoms with E-state index >= 15 is 0 Å². The normalized spacial score (nSPS) is 8.18. The molecule has 0 unspecified atom stereocenters. The first-order valence-electron chi connectivity index (χ1n) is 1.89. The molecule has 0 atom stereocenters. The zero-order valence-electron chi connectivity index (χ0n) is 5.19. The number of amides is 1. The quantitative estimate of drug-likeness (QED) is 0.305. The number of carbonyl (C=O) groups excluding carboxylic acids is 1. The number of rotatable bonds is 1. The number of primary amides is 1. The van der Waals surface area contributed by atoms with Crippen molar-refractivity contribution in [2.75, 3.05) is 0 Å². The third-order valence-electron chi connectivity index (χ3n) is 0.201. The van der Waals surface area contributed by atoms with Gasteiger partial charge in [-0.25, -0.2) is 0 Å². The molecule has 0 saturated carbocycles. The van der Waals surface area contributed by atoms with Gasteiger partial charge in [0.2, 0.25) is 5.91 Å². The first-order chi connectivity index (χ1) is 4.27. The standard InChI is InChI=1S/C3H5NO.Cu.H2O4S/c1-2-3(4)5;;1-5(2,3)4/h2H,1H2,(H2,4,5);;(H2,1,2,3,4). The van der Waals surface area contributed by atoms with E-state index < -0.39 is 16.3 Å². The molecule has 0 spiro atoms. The van der Waals surface area contributed by atoms with Crippen LogP contribution in [0.15, 0.2) is 12.7 Å². The van der Waals surface area contributed by atoms with Crippen molar-refractivity contribution in [1.82, 2.24) is 0 Å². The van der Waals surface area contributed by atoms with Gasteiger partial charge in [0, 0.05) is 17.1 Å². The van der Waals surface area contributed by atoms with Crippen molar-refractivity contribution in [3.8, 4) is 0 Å². The van der Waals surface area contributed by atoms with Crippen LogP contribution >= 0.6 is 0 Å². The molecule has 0 aromatic rings. The maximum atomic E-state index is 9.47. The van der Waals surface area contributed by atoms with Crippen LogP contribution in [0.25, 0.3) is 0 Å². The Labute approximate surface area is 74.5 Å². The molecule has 11 heavy (non-hydrogen) atoms. The summed E-state index contributed by atoms with van der Waals surface area (Å²) in [5.41, 5.74) is 4.53. The molecular formula is C3H7CuNO5S. The van der Waals surface area contributed by atoms with E-state index in [0.29, 0.717) is 0 Å². The third-order valence-corrected chi connectivity index (χ3v) is 0.201. The van der Waals surface area contributed by atoms with E-state index in [4.69, 9.17) is 17.5 Å². The van der Waals surface area contributed by atoms with Crippen LogP contribution in [0.4, 0.5) is 0 Å². The molecule has 0 saturated heterocycles. The van der Waals surface area contributed by atoms with Crippen molar-refractivity contribution in [2.45, 2.75) is 0 Å². The average Bonchev–Trinajstić information content (AvgIpc) is 1.61. The molecular weight excluding hydrogens is 226 g/mol. The SMILES string of the molecule is C=CC(N)=O.O=S(=O)(O)O.[Cu]. The number of hydrogen-bond donors (Lipinski definition) is 3. The summed E-state index contributed by atoms with van der Waals surface area (Å²) in [6.45, 7) is 3.09. The summed E-state index contributed by atoms with van der Waals surface area (Å²) in [6.07, 6.45) is 1.06. The Morgan fingerprint density at radius 2 is 1.55 bits per heavy atom. The molecule has 1 radical (unpaired) electrons. The molecule has 0 aliphatic heterocycles. The zero-order chi connectivity index (χ0) is 8.78. The van der Waals surface area contributed by atoms with Crippen LogP contribution in [0.2, 0.25) is 0 Å². The molecule has 0 rings (SSSR count). The minimum absolute atomic E-state index is 0. The maximum Gasteiger partial charge on any atom is 0.394 e. The van der Waals surface area contributed by atoms with Gasteiger partial charge in [-0.3, -0.25) is 13.9 Å². The second kappa shape index (κ2) is 7.70. The van der Waals surface area contributed by atoms with Gasteiger partial charge < -0.3 is 5.73 Å². The number of nitrogens with two attached hydrogens (primary N) is 1. The van der Waals surface area contributed by atoms with E-state index in [9.17, 15) is 4.79 Å². The first-order valence-corrected chi connectivity index (χ1v) is 3.29. The minimum Gasteiger partial charge on any atom is -0.366 e. The molecule has 0 aromatic carbocycles. The van der Waals surface area contributed by atoms with Crippen LogP contribution in [0, 0.1) is 0 Å². The predicted molar refractivity (Wildman–Crippen MR) is 33.6 cm³/mol. The van der Waals surface area contributed by atoms with Crippen molar-refractivity contribution >= 4 is 16.3 Å². The molecule has 71 valence electrons. The van der Waals surface area contributed by atoms with Crippen LogP contribution < -0.4 is 5.73 Å². The predicted octanol–water partition coefficient (Wildman–Crippen LogP) is -0.998. The Balaban J connectivity index is -0.000000107. The van der Waals surface area contributed by atoms with E-state index in [1.165, 1.54) is 0 Å². The summed E-state index contributed by atoms with van der Waals surface area (Å²) in [6, 6.07) is 0. The molecule has 6 nitrogen and oxygen atoms in total. The topological polar surface area (TPSA) is 118 Å². The van der Waals surface area contributed by atoms with E-state index in [-0.39, 0.29) is 17.1 Å². The summed E-state index contributed by atoms with van der Waals surface area (Å²) in [5.74, 6) is -0.481. The van der Waals surface area contributed by atoms with Crippen molar-refractivity contribution < 1.29 is 39.4 Å². The van der Waals surface area contributed by atoms with Crippen LogP contribution in [-0.4, -0.2) is 23.4 Å². The Hall–Kier alpha value is -0.401. The Kier molecular flexibility index (Phi) is 11.8. The second-order valence-electron chi connectivity index (χ2n) is 1.05. The van der Waals surface area contributed by atoms with Gasteiger partial charge in [-0.2, -0.15) is 8.42 Å². The van der Waals surface area contributed by atoms with Gasteiger partial charge in [-0.1, -0.05) is 6.58 Å². The van der Waals surface area contributed by atoms with Crippen LogP contribution in [0.3, 0.4) is 0 Å². The monoisotopic (exact) mass is 232 g/mol. The zero-order valence-corrected chi connectivity index (χ0v) is 6.95. The minimum atomic E-state index is -4.67. The summed E-state index contributed by atoms with van der Waals surface area (Å²) in [5, 5.41) is 0. The summed E-state index contributed by atoms with van der Waals surface area (Å²) in [7, 11) is -4.67. The second-order valence-corrected chi connectivity index (χ2v) is 1.95. The average molecular weight is 233 g/mol. The number of carbonyl (C=O) groups is 1. The van der Waals surface area contributed by atoms with Gasteiger partial charge in [0.25, 0.3) is 0 Å². The Bertz CT molecular complexity index is 202. The van der Waals surface area contributed by atoms with Gasteiger partial charge in [-0.05, 0) is 6.08 Å². The fourth-order valence-electron chi connectivity index (χ4n) is 0. The van der Waals surface area contributed by atoms with Crippen molar-refractivity contribution in [1.29, 1.82) is 0 Å². The smallest absolute Gasteiger partial charge is 0.366 e. The molecule has 0 aromatic heterocycles. The molecule has 0 heterocycles. The van der Waals surface area contributed by atoms with Gasteiger partial charge in [-0.15, -0.1) is 0 Å². The Morgan fingerprint density at radius 3 is 1.55 bits per heavy atom. The van der Waals surface area contributed by atoms with Gasteiger partial charge in [0.1, 0.15) is 0 Å². The molecule has 1 amide bonds. The van der Waals surface area contributed by atoms with Crippen molar-refractivity contribution in [3.63, 3.8) is 0 Å². The molecule has 0 fully saturated rings. The maximum absolute atomic E-state index is 9.47. The van der Waals surface area contributed by atoms with E-state index in [1.54, 1.807) is 0 Å². The fraction of sp³-hybridized carbons (Fsp3) is 0. The largest absolute Gasteiger partial charge is 0.394 e. The van der Waals surface area contributed by atoms with E-state index in [0.717, 1.165) is 6.08 Å². The van der Waals surface area contributed by atoms with Gasteiger partial charge >= 0.3 is 10.4 Å². The van der Waals surface area contributed by atoms with E-state index in [1.807, 2.05) is 0 Å². The molecule has 0 aliphatic carbocycles. The Morgan fingerprint density at radius 1 is 1.45 bits per heavy atom.